The van der Waals surface area contributed by atoms with Gasteiger partial charge in [0, 0.05) is 18.0 Å². The lowest BCUT2D eigenvalue weighted by atomic mass is 9.64. The summed E-state index contributed by atoms with van der Waals surface area (Å²) in [5.41, 5.74) is 1.31. The number of hydrogen-bond donors (Lipinski definition) is 1. The molecule has 0 aliphatic heterocycles. The lowest BCUT2D eigenvalue weighted by Crippen LogP contribution is -2.45. The molecule has 1 saturated carbocycles. The van der Waals surface area contributed by atoms with Gasteiger partial charge in [0.1, 0.15) is 17.4 Å². The van der Waals surface area contributed by atoms with E-state index in [1.54, 1.807) is 12.1 Å². The smallest absolute Gasteiger partial charge is 0.262 e. The molecule has 3 rings (SSSR count). The number of furan rings is 1. The summed E-state index contributed by atoms with van der Waals surface area (Å²) >= 11 is 0. The van der Waals surface area contributed by atoms with E-state index in [4.69, 9.17) is 4.42 Å². The largest absolute Gasteiger partial charge is 0.465 e. The molecule has 0 radical (unpaired) electrons. The van der Waals surface area contributed by atoms with Gasteiger partial charge >= 0.3 is 0 Å². The van der Waals surface area contributed by atoms with Gasteiger partial charge in [0.05, 0.1) is 6.26 Å². The molecule has 1 heterocycles. The summed E-state index contributed by atoms with van der Waals surface area (Å²) in [5, 5.41) is 12.1. The fourth-order valence-corrected chi connectivity index (χ4v) is 2.97. The van der Waals surface area contributed by atoms with Crippen molar-refractivity contribution in [1.82, 2.24) is 5.32 Å². The molecule has 1 aliphatic rings. The third kappa shape index (κ3) is 3.19. The van der Waals surface area contributed by atoms with Crippen LogP contribution in [0.25, 0.3) is 6.08 Å². The number of carbonyl (C=O) groups is 1. The van der Waals surface area contributed by atoms with Gasteiger partial charge in [0.15, 0.2) is 0 Å². The van der Waals surface area contributed by atoms with Crippen LogP contribution in [0.2, 0.25) is 0 Å². The standard InChI is InChI=1S/C19H18N2O2/c20-13-15(12-17-8-4-11-23-17)18(22)21-14-19(9-5-10-19)16-6-2-1-3-7-16/h1-4,6-8,11-12H,5,9-10,14H2,(H,21,22). The Balaban J connectivity index is 1.69. The van der Waals surface area contributed by atoms with Crippen LogP contribution in [0.4, 0.5) is 0 Å². The summed E-state index contributed by atoms with van der Waals surface area (Å²) in [6, 6.07) is 15.6. The van der Waals surface area contributed by atoms with E-state index >= 15 is 0 Å². The molecule has 1 N–H and O–H groups in total. The van der Waals surface area contributed by atoms with Crippen LogP contribution in [0, 0.1) is 11.3 Å². The zero-order chi connectivity index (χ0) is 16.1. The Morgan fingerprint density at radius 1 is 1.26 bits per heavy atom. The Labute approximate surface area is 135 Å². The molecular formula is C19H18N2O2. The molecular weight excluding hydrogens is 288 g/mol. The number of hydrogen-bond acceptors (Lipinski definition) is 3. The van der Waals surface area contributed by atoms with Gasteiger partial charge in [-0.2, -0.15) is 5.26 Å². The van der Waals surface area contributed by atoms with Crippen molar-refractivity contribution in [2.75, 3.05) is 6.54 Å². The van der Waals surface area contributed by atoms with E-state index in [0.29, 0.717) is 12.3 Å². The normalized spacial score (nSPS) is 16.2. The van der Waals surface area contributed by atoms with Crippen LogP contribution in [0.3, 0.4) is 0 Å². The van der Waals surface area contributed by atoms with Gasteiger partial charge in [-0.1, -0.05) is 36.8 Å². The fourth-order valence-electron chi connectivity index (χ4n) is 2.97. The van der Waals surface area contributed by atoms with E-state index in [-0.39, 0.29) is 16.9 Å². The summed E-state index contributed by atoms with van der Waals surface area (Å²) in [5.74, 6) is 0.143. The minimum atomic E-state index is -0.355. The quantitative estimate of drug-likeness (QED) is 0.680. The maximum atomic E-state index is 12.3. The molecule has 1 amide bonds. The number of benzene rings is 1. The predicted octanol–water partition coefficient (Wildman–Crippen LogP) is 3.42. The first-order valence-electron chi connectivity index (χ1n) is 7.73. The summed E-state index contributed by atoms with van der Waals surface area (Å²) in [6.07, 6.45) is 6.25. The van der Waals surface area contributed by atoms with E-state index in [1.165, 1.54) is 17.9 Å². The zero-order valence-corrected chi connectivity index (χ0v) is 12.8. The molecule has 1 aliphatic carbocycles. The maximum absolute atomic E-state index is 12.3. The number of nitrogens with zero attached hydrogens (tertiary/aromatic N) is 1. The van der Waals surface area contributed by atoms with Gasteiger partial charge in [0.2, 0.25) is 0 Å². The van der Waals surface area contributed by atoms with Crippen molar-refractivity contribution in [3.63, 3.8) is 0 Å². The predicted molar refractivity (Wildman–Crippen MR) is 87.3 cm³/mol. The lowest BCUT2D eigenvalue weighted by Gasteiger charge is -2.42. The summed E-state index contributed by atoms with van der Waals surface area (Å²) in [6.45, 7) is 0.549. The Morgan fingerprint density at radius 3 is 2.61 bits per heavy atom. The minimum Gasteiger partial charge on any atom is -0.465 e. The van der Waals surface area contributed by atoms with Crippen molar-refractivity contribution in [3.8, 4) is 6.07 Å². The molecule has 1 aromatic heterocycles. The highest BCUT2D eigenvalue weighted by molar-refractivity contribution is 6.01. The molecule has 116 valence electrons. The molecule has 0 unspecified atom stereocenters. The number of nitrogens with one attached hydrogen (secondary N) is 1. The molecule has 2 aromatic rings. The first kappa shape index (κ1) is 15.1. The monoisotopic (exact) mass is 306 g/mol. The third-order valence-corrected chi connectivity index (χ3v) is 4.48. The number of amides is 1. The summed E-state index contributed by atoms with van der Waals surface area (Å²) < 4.78 is 5.16. The zero-order valence-electron chi connectivity index (χ0n) is 12.8. The van der Waals surface area contributed by atoms with E-state index < -0.39 is 0 Å². The SMILES string of the molecule is N#CC(=Cc1ccco1)C(=O)NCC1(c2ccccc2)CCC1. The Morgan fingerprint density at radius 2 is 2.04 bits per heavy atom. The Bertz CT molecular complexity index is 735. The highest BCUT2D eigenvalue weighted by atomic mass is 16.3. The molecule has 0 saturated heterocycles. The molecule has 0 bridgehead atoms. The van der Waals surface area contributed by atoms with Crippen molar-refractivity contribution in [3.05, 3.63) is 65.6 Å². The minimum absolute atomic E-state index is 0.00215. The second-order valence-corrected chi connectivity index (χ2v) is 5.87. The van der Waals surface area contributed by atoms with Crippen LogP contribution < -0.4 is 5.32 Å². The van der Waals surface area contributed by atoms with E-state index in [2.05, 4.69) is 17.4 Å². The molecule has 4 heteroatoms. The number of carbonyl (C=O) groups excluding carboxylic acids is 1. The summed E-state index contributed by atoms with van der Waals surface area (Å²) in [4.78, 5) is 12.3. The highest BCUT2D eigenvalue weighted by Gasteiger charge is 2.38. The van der Waals surface area contributed by atoms with Crippen LogP contribution in [0.15, 0.2) is 58.7 Å². The van der Waals surface area contributed by atoms with Gasteiger partial charge in [-0.25, -0.2) is 0 Å². The van der Waals surface area contributed by atoms with Gasteiger partial charge in [-0.05, 0) is 30.5 Å². The van der Waals surface area contributed by atoms with Crippen LogP contribution >= 0.6 is 0 Å². The molecule has 0 atom stereocenters. The van der Waals surface area contributed by atoms with Crippen LogP contribution in [0.5, 0.6) is 0 Å². The second-order valence-electron chi connectivity index (χ2n) is 5.87. The maximum Gasteiger partial charge on any atom is 0.262 e. The fraction of sp³-hybridized carbons (Fsp3) is 0.263. The second kappa shape index (κ2) is 6.53. The van der Waals surface area contributed by atoms with Crippen LogP contribution in [-0.2, 0) is 10.2 Å². The summed E-state index contributed by atoms with van der Waals surface area (Å²) in [7, 11) is 0. The first-order valence-corrected chi connectivity index (χ1v) is 7.73. The number of rotatable bonds is 5. The van der Waals surface area contributed by atoms with E-state index in [9.17, 15) is 10.1 Å². The first-order chi connectivity index (χ1) is 11.2. The Hall–Kier alpha value is -2.80. The molecule has 0 spiro atoms. The van der Waals surface area contributed by atoms with E-state index in [1.807, 2.05) is 24.3 Å². The van der Waals surface area contributed by atoms with Crippen molar-refractivity contribution in [2.45, 2.75) is 24.7 Å². The lowest BCUT2D eigenvalue weighted by molar-refractivity contribution is -0.117. The molecule has 1 fully saturated rings. The third-order valence-electron chi connectivity index (χ3n) is 4.48. The van der Waals surface area contributed by atoms with Crippen LogP contribution in [0.1, 0.15) is 30.6 Å². The highest BCUT2D eigenvalue weighted by Crippen LogP contribution is 2.43. The molecule has 23 heavy (non-hydrogen) atoms. The van der Waals surface area contributed by atoms with Crippen LogP contribution in [-0.4, -0.2) is 12.5 Å². The van der Waals surface area contributed by atoms with Gasteiger partial charge in [-0.15, -0.1) is 0 Å². The van der Waals surface area contributed by atoms with Crippen molar-refractivity contribution in [2.24, 2.45) is 0 Å². The topological polar surface area (TPSA) is 66.0 Å². The molecule has 4 nitrogen and oxygen atoms in total. The Kier molecular flexibility index (Phi) is 4.29. The van der Waals surface area contributed by atoms with Gasteiger partial charge < -0.3 is 9.73 Å². The van der Waals surface area contributed by atoms with Gasteiger partial charge in [-0.3, -0.25) is 4.79 Å². The van der Waals surface area contributed by atoms with Crippen molar-refractivity contribution < 1.29 is 9.21 Å². The van der Waals surface area contributed by atoms with Crippen molar-refractivity contribution >= 4 is 12.0 Å². The number of nitriles is 1. The average molecular weight is 306 g/mol. The van der Waals surface area contributed by atoms with Gasteiger partial charge in [0.25, 0.3) is 5.91 Å². The average Bonchev–Trinajstić information content (AvgIpc) is 3.05. The molecule has 1 aromatic carbocycles. The van der Waals surface area contributed by atoms with Crippen molar-refractivity contribution in [1.29, 1.82) is 5.26 Å². The van der Waals surface area contributed by atoms with E-state index in [0.717, 1.165) is 19.3 Å².